The van der Waals surface area contributed by atoms with Gasteiger partial charge in [0.15, 0.2) is 0 Å². The van der Waals surface area contributed by atoms with Gasteiger partial charge in [-0.3, -0.25) is 0 Å². The maximum absolute atomic E-state index is 12.8. The zero-order valence-corrected chi connectivity index (χ0v) is 11.2. The maximum Gasteiger partial charge on any atom is 0.416 e. The van der Waals surface area contributed by atoms with Gasteiger partial charge in [0.1, 0.15) is 11.6 Å². The number of nitrogens with one attached hydrogen (secondary N) is 2. The quantitative estimate of drug-likeness (QED) is 0.589. The van der Waals surface area contributed by atoms with Crippen molar-refractivity contribution in [1.82, 2.24) is 4.98 Å². The molecule has 2 unspecified atom stereocenters. The van der Waals surface area contributed by atoms with Crippen molar-refractivity contribution in [1.29, 1.82) is 0 Å². The molecule has 1 aliphatic rings. The van der Waals surface area contributed by atoms with Crippen LogP contribution in [0, 0.1) is 0 Å². The Bertz CT molecular complexity index is 494. The number of alkyl halides is 3. The predicted octanol–water partition coefficient (Wildman–Crippen LogP) is 2.37. The maximum atomic E-state index is 12.8. The summed E-state index contributed by atoms with van der Waals surface area (Å²) in [5.74, 6) is 5.24. The molecule has 2 heterocycles. The fourth-order valence-electron chi connectivity index (χ4n) is 2.12. The number of nitrogen functional groups attached to an aromatic ring is 1. The van der Waals surface area contributed by atoms with Crippen molar-refractivity contribution < 1.29 is 17.9 Å². The Kier molecular flexibility index (Phi) is 3.79. The minimum Gasteiger partial charge on any atom is -0.376 e. The summed E-state index contributed by atoms with van der Waals surface area (Å²) < 4.78 is 43.9. The number of aromatic nitrogens is 1. The number of ether oxygens (including phenoxy) is 1. The van der Waals surface area contributed by atoms with E-state index in [0.717, 1.165) is 12.1 Å². The fourth-order valence-corrected chi connectivity index (χ4v) is 2.12. The number of hydrazine groups is 1. The topological polar surface area (TPSA) is 72.2 Å². The number of pyridine rings is 1. The Labute approximate surface area is 114 Å². The molecular formula is C12H17F3N4O. The smallest absolute Gasteiger partial charge is 0.376 e. The third-order valence-electron chi connectivity index (χ3n) is 3.60. The van der Waals surface area contributed by atoms with Crippen molar-refractivity contribution in [2.24, 2.45) is 5.84 Å². The number of nitrogens with two attached hydrogens (primary N) is 1. The van der Waals surface area contributed by atoms with Gasteiger partial charge in [0.25, 0.3) is 0 Å². The molecule has 2 rings (SSSR count). The first-order chi connectivity index (χ1) is 9.24. The highest BCUT2D eigenvalue weighted by Gasteiger charge is 2.38. The first-order valence-corrected chi connectivity index (χ1v) is 6.20. The zero-order chi connectivity index (χ0) is 15.0. The molecule has 0 radical (unpaired) electrons. The molecule has 0 amide bonds. The monoisotopic (exact) mass is 290 g/mol. The number of halogens is 3. The molecule has 5 nitrogen and oxygen atoms in total. The average Bonchev–Trinajstić information content (AvgIpc) is 2.67. The normalized spacial score (nSPS) is 26.6. The van der Waals surface area contributed by atoms with Crippen LogP contribution in [0.5, 0.6) is 0 Å². The first kappa shape index (κ1) is 14.9. The Morgan fingerprint density at radius 2 is 2.05 bits per heavy atom. The van der Waals surface area contributed by atoms with E-state index in [1.165, 1.54) is 0 Å². The van der Waals surface area contributed by atoms with Crippen molar-refractivity contribution >= 4 is 11.6 Å². The average molecular weight is 290 g/mol. The van der Waals surface area contributed by atoms with E-state index in [-0.39, 0.29) is 17.7 Å². The van der Waals surface area contributed by atoms with Crippen LogP contribution in [-0.2, 0) is 10.9 Å². The van der Waals surface area contributed by atoms with Crippen LogP contribution in [0.4, 0.5) is 24.8 Å². The second kappa shape index (κ2) is 5.10. The van der Waals surface area contributed by atoms with Gasteiger partial charge in [-0.1, -0.05) is 0 Å². The molecule has 2 atom stereocenters. The van der Waals surface area contributed by atoms with Gasteiger partial charge < -0.3 is 15.5 Å². The van der Waals surface area contributed by atoms with Gasteiger partial charge in [0.05, 0.1) is 17.2 Å². The molecule has 1 saturated heterocycles. The second-order valence-electron chi connectivity index (χ2n) is 5.07. The predicted molar refractivity (Wildman–Crippen MR) is 69.1 cm³/mol. The van der Waals surface area contributed by atoms with E-state index in [0.29, 0.717) is 13.0 Å². The molecule has 4 N–H and O–H groups in total. The standard InChI is InChI=1S/C12H17F3N4O/c1-7-11(2,3-4-20-7)18-9-5-8(12(13,14)15)6-10(17-9)19-16/h5-7H,3-4,16H2,1-2H3,(H2,17,18,19). The molecule has 1 fully saturated rings. The molecule has 20 heavy (non-hydrogen) atoms. The molecule has 0 saturated carbocycles. The van der Waals surface area contributed by atoms with Crippen LogP contribution in [0.1, 0.15) is 25.8 Å². The van der Waals surface area contributed by atoms with Gasteiger partial charge in [-0.05, 0) is 32.4 Å². The van der Waals surface area contributed by atoms with Gasteiger partial charge >= 0.3 is 6.18 Å². The van der Waals surface area contributed by atoms with Gasteiger partial charge in [-0.25, -0.2) is 10.8 Å². The molecule has 1 aliphatic heterocycles. The number of hydrogen-bond donors (Lipinski definition) is 3. The summed E-state index contributed by atoms with van der Waals surface area (Å²) in [5.41, 5.74) is 0.884. The third kappa shape index (κ3) is 2.96. The van der Waals surface area contributed by atoms with E-state index < -0.39 is 17.3 Å². The van der Waals surface area contributed by atoms with Crippen molar-refractivity contribution in [2.45, 2.75) is 38.1 Å². The Morgan fingerprint density at radius 1 is 1.40 bits per heavy atom. The van der Waals surface area contributed by atoms with Crippen LogP contribution in [-0.4, -0.2) is 23.2 Å². The lowest BCUT2D eigenvalue weighted by Gasteiger charge is -2.30. The Balaban J connectivity index is 2.32. The van der Waals surface area contributed by atoms with E-state index in [1.807, 2.05) is 13.8 Å². The van der Waals surface area contributed by atoms with E-state index in [1.54, 1.807) is 0 Å². The van der Waals surface area contributed by atoms with Gasteiger partial charge in [0.2, 0.25) is 0 Å². The fraction of sp³-hybridized carbons (Fsp3) is 0.583. The molecule has 112 valence electrons. The number of nitrogens with zero attached hydrogens (tertiary/aromatic N) is 1. The number of rotatable bonds is 3. The summed E-state index contributed by atoms with van der Waals surface area (Å²) in [6.07, 6.45) is -3.88. The number of hydrogen-bond acceptors (Lipinski definition) is 5. The SMILES string of the molecule is CC1OCCC1(C)Nc1cc(C(F)(F)F)cc(NN)n1. The molecule has 0 aliphatic carbocycles. The zero-order valence-electron chi connectivity index (χ0n) is 11.2. The van der Waals surface area contributed by atoms with Crippen LogP contribution in [0.3, 0.4) is 0 Å². The van der Waals surface area contributed by atoms with E-state index in [4.69, 9.17) is 10.6 Å². The molecule has 1 aromatic heterocycles. The van der Waals surface area contributed by atoms with Crippen LogP contribution in [0.15, 0.2) is 12.1 Å². The highest BCUT2D eigenvalue weighted by Crippen LogP contribution is 2.34. The summed E-state index contributed by atoms with van der Waals surface area (Å²) in [4.78, 5) is 4.01. The lowest BCUT2D eigenvalue weighted by atomic mass is 9.94. The van der Waals surface area contributed by atoms with Crippen LogP contribution in [0.25, 0.3) is 0 Å². The summed E-state index contributed by atoms with van der Waals surface area (Å²) in [6, 6.07) is 1.83. The van der Waals surface area contributed by atoms with Gasteiger partial charge in [-0.15, -0.1) is 0 Å². The minimum atomic E-state index is -4.45. The lowest BCUT2D eigenvalue weighted by Crippen LogP contribution is -2.41. The Morgan fingerprint density at radius 3 is 2.55 bits per heavy atom. The van der Waals surface area contributed by atoms with Crippen molar-refractivity contribution in [3.63, 3.8) is 0 Å². The van der Waals surface area contributed by atoms with Crippen LogP contribution < -0.4 is 16.6 Å². The molecule has 0 aromatic carbocycles. The van der Waals surface area contributed by atoms with Crippen LogP contribution >= 0.6 is 0 Å². The Hall–Kier alpha value is -1.54. The highest BCUT2D eigenvalue weighted by atomic mass is 19.4. The lowest BCUT2D eigenvalue weighted by molar-refractivity contribution is -0.137. The summed E-state index contributed by atoms with van der Waals surface area (Å²) >= 11 is 0. The summed E-state index contributed by atoms with van der Waals surface area (Å²) in [5, 5.41) is 3.02. The molecule has 0 spiro atoms. The molecular weight excluding hydrogens is 273 g/mol. The van der Waals surface area contributed by atoms with Gasteiger partial charge in [0, 0.05) is 6.61 Å². The summed E-state index contributed by atoms with van der Waals surface area (Å²) in [7, 11) is 0. The largest absolute Gasteiger partial charge is 0.416 e. The molecule has 0 bridgehead atoms. The van der Waals surface area contributed by atoms with Crippen LogP contribution in [0.2, 0.25) is 0 Å². The van der Waals surface area contributed by atoms with Crippen molar-refractivity contribution in [3.8, 4) is 0 Å². The van der Waals surface area contributed by atoms with Crippen molar-refractivity contribution in [2.75, 3.05) is 17.3 Å². The van der Waals surface area contributed by atoms with Gasteiger partial charge in [-0.2, -0.15) is 13.2 Å². The molecule has 1 aromatic rings. The minimum absolute atomic E-state index is 0.0440. The van der Waals surface area contributed by atoms with Crippen molar-refractivity contribution in [3.05, 3.63) is 17.7 Å². The van der Waals surface area contributed by atoms with E-state index in [2.05, 4.69) is 15.7 Å². The number of anilines is 2. The highest BCUT2D eigenvalue weighted by molar-refractivity contribution is 5.50. The van der Waals surface area contributed by atoms with E-state index in [9.17, 15) is 13.2 Å². The third-order valence-corrected chi connectivity index (χ3v) is 3.60. The van der Waals surface area contributed by atoms with E-state index >= 15 is 0 Å². The first-order valence-electron chi connectivity index (χ1n) is 6.20. The molecule has 8 heteroatoms. The second-order valence-corrected chi connectivity index (χ2v) is 5.07. The summed E-state index contributed by atoms with van der Waals surface area (Å²) in [6.45, 7) is 4.32.